The number of hydrogen-bond donors (Lipinski definition) is 2. The molecule has 4 nitrogen and oxygen atoms in total. The van der Waals surface area contributed by atoms with Crippen molar-refractivity contribution in [3.63, 3.8) is 0 Å². The third-order valence-electron chi connectivity index (χ3n) is 6.12. The number of pyridine rings is 2. The highest BCUT2D eigenvalue weighted by Crippen LogP contribution is 2.35. The molecule has 0 atom stereocenters. The Morgan fingerprint density at radius 3 is 2.27 bits per heavy atom. The van der Waals surface area contributed by atoms with Gasteiger partial charge in [0.15, 0.2) is 0 Å². The first-order valence-electron chi connectivity index (χ1n) is 11.3. The molecule has 0 spiro atoms. The normalized spacial score (nSPS) is 11.1. The topological polar surface area (TPSA) is 73.4 Å². The van der Waals surface area contributed by atoms with Crippen LogP contribution < -0.4 is 11.3 Å². The lowest BCUT2D eigenvalue weighted by Crippen LogP contribution is -2.47. The number of quaternary nitrogens is 1. The second-order valence-corrected chi connectivity index (χ2v) is 8.18. The first-order valence-corrected chi connectivity index (χ1v) is 11.3. The van der Waals surface area contributed by atoms with Gasteiger partial charge in [-0.25, -0.2) is 4.98 Å². The molecular formula is C29H26N3O+. The van der Waals surface area contributed by atoms with E-state index in [2.05, 4.69) is 78.3 Å². The van der Waals surface area contributed by atoms with E-state index in [1.807, 2.05) is 24.3 Å². The van der Waals surface area contributed by atoms with Crippen molar-refractivity contribution in [1.82, 2.24) is 9.97 Å². The van der Waals surface area contributed by atoms with Crippen molar-refractivity contribution in [3.8, 4) is 33.5 Å². The second kappa shape index (κ2) is 8.85. The zero-order valence-corrected chi connectivity index (χ0v) is 18.6. The predicted molar refractivity (Wildman–Crippen MR) is 135 cm³/mol. The van der Waals surface area contributed by atoms with Crippen LogP contribution in [0.5, 0.6) is 0 Å². The Morgan fingerprint density at radius 2 is 1.55 bits per heavy atom. The average Bonchev–Trinajstić information content (AvgIpc) is 2.89. The molecule has 0 amide bonds. The van der Waals surface area contributed by atoms with Crippen LogP contribution in [0.2, 0.25) is 0 Å². The molecule has 2 heterocycles. The predicted octanol–water partition coefficient (Wildman–Crippen LogP) is 5.23. The Labute approximate surface area is 192 Å². The van der Waals surface area contributed by atoms with E-state index >= 15 is 0 Å². The highest BCUT2D eigenvalue weighted by molar-refractivity contribution is 5.98. The smallest absolute Gasteiger partial charge is 0.257 e. The summed E-state index contributed by atoms with van der Waals surface area (Å²) >= 11 is 0. The molecule has 5 rings (SSSR count). The van der Waals surface area contributed by atoms with E-state index < -0.39 is 0 Å². The molecule has 2 aromatic heterocycles. The Kier molecular flexibility index (Phi) is 5.59. The summed E-state index contributed by atoms with van der Waals surface area (Å²) in [7, 11) is 0. The second-order valence-electron chi connectivity index (χ2n) is 8.18. The van der Waals surface area contributed by atoms with Gasteiger partial charge in [-0.3, -0.25) is 4.79 Å². The van der Waals surface area contributed by atoms with Gasteiger partial charge in [0.25, 0.3) is 5.56 Å². The maximum absolute atomic E-state index is 12.9. The standard InChI is InChI=1S/C29H25N3O/c1-2-19-7-6-10-23(15-19)26-18-31-29(33)25-16-24(21-8-4-3-5-9-21)27(32-28(25)26)22-13-11-20(17-30)12-14-22/h3-16,18H,2,17,30H2,1H3,(H,31,33)/p+1. The van der Waals surface area contributed by atoms with Gasteiger partial charge < -0.3 is 10.7 Å². The van der Waals surface area contributed by atoms with Gasteiger partial charge in [0.05, 0.1) is 23.1 Å². The van der Waals surface area contributed by atoms with Crippen LogP contribution in [0, 0.1) is 0 Å². The van der Waals surface area contributed by atoms with Crippen molar-refractivity contribution >= 4 is 10.9 Å². The highest BCUT2D eigenvalue weighted by atomic mass is 16.1. The number of nitrogens with zero attached hydrogens (tertiary/aromatic N) is 1. The van der Waals surface area contributed by atoms with E-state index in [1.54, 1.807) is 6.20 Å². The van der Waals surface area contributed by atoms with Crippen molar-refractivity contribution in [2.24, 2.45) is 0 Å². The van der Waals surface area contributed by atoms with Gasteiger partial charge in [0.2, 0.25) is 0 Å². The molecule has 0 aliphatic carbocycles. The van der Waals surface area contributed by atoms with Crippen LogP contribution in [0.15, 0.2) is 95.9 Å². The number of H-pyrrole nitrogens is 1. The molecule has 4 heteroatoms. The lowest BCUT2D eigenvalue weighted by Gasteiger charge is -2.14. The van der Waals surface area contributed by atoms with E-state index in [1.165, 1.54) is 11.1 Å². The van der Waals surface area contributed by atoms with Crippen LogP contribution in [-0.2, 0) is 13.0 Å². The zero-order chi connectivity index (χ0) is 22.8. The minimum absolute atomic E-state index is 0.135. The average molecular weight is 433 g/mol. The zero-order valence-electron chi connectivity index (χ0n) is 18.6. The Hall–Kier alpha value is -4.02. The number of aryl methyl sites for hydroxylation is 1. The quantitative estimate of drug-likeness (QED) is 0.399. The molecule has 0 unspecified atom stereocenters. The van der Waals surface area contributed by atoms with Crippen LogP contribution in [0.3, 0.4) is 0 Å². The molecule has 0 radical (unpaired) electrons. The van der Waals surface area contributed by atoms with Gasteiger partial charge in [-0.2, -0.15) is 0 Å². The monoisotopic (exact) mass is 432 g/mol. The lowest BCUT2D eigenvalue weighted by atomic mass is 9.95. The molecule has 3 aromatic carbocycles. The fourth-order valence-electron chi connectivity index (χ4n) is 4.24. The van der Waals surface area contributed by atoms with E-state index in [4.69, 9.17) is 4.98 Å². The summed E-state index contributed by atoms with van der Waals surface area (Å²) in [5, 5.41) is 0.589. The van der Waals surface area contributed by atoms with Crippen LogP contribution in [0.4, 0.5) is 0 Å². The van der Waals surface area contributed by atoms with Gasteiger partial charge in [-0.05, 0) is 29.2 Å². The van der Waals surface area contributed by atoms with Gasteiger partial charge >= 0.3 is 0 Å². The minimum Gasteiger partial charge on any atom is -0.354 e. The number of rotatable bonds is 5. The first-order chi connectivity index (χ1) is 16.2. The Bertz CT molecular complexity index is 1490. The maximum Gasteiger partial charge on any atom is 0.257 e. The summed E-state index contributed by atoms with van der Waals surface area (Å²) in [6.07, 6.45) is 2.73. The van der Waals surface area contributed by atoms with E-state index in [-0.39, 0.29) is 5.56 Å². The van der Waals surface area contributed by atoms with Gasteiger partial charge in [-0.1, -0.05) is 85.8 Å². The molecule has 33 heavy (non-hydrogen) atoms. The Morgan fingerprint density at radius 1 is 0.788 bits per heavy atom. The van der Waals surface area contributed by atoms with Crippen molar-refractivity contribution in [2.45, 2.75) is 19.9 Å². The van der Waals surface area contributed by atoms with E-state index in [9.17, 15) is 4.79 Å². The van der Waals surface area contributed by atoms with E-state index in [0.29, 0.717) is 10.9 Å². The molecule has 0 fully saturated rings. The van der Waals surface area contributed by atoms with Crippen LogP contribution >= 0.6 is 0 Å². The molecule has 4 N–H and O–H groups in total. The van der Waals surface area contributed by atoms with Crippen molar-refractivity contribution in [2.75, 3.05) is 0 Å². The highest BCUT2D eigenvalue weighted by Gasteiger charge is 2.16. The summed E-state index contributed by atoms with van der Waals surface area (Å²) in [5.74, 6) is 0. The van der Waals surface area contributed by atoms with Gasteiger partial charge in [-0.15, -0.1) is 0 Å². The van der Waals surface area contributed by atoms with Gasteiger partial charge in [0.1, 0.15) is 0 Å². The fraction of sp³-hybridized carbons (Fsp3) is 0.103. The molecular weight excluding hydrogens is 406 g/mol. The number of fused-ring (bicyclic) bond motifs is 1. The summed E-state index contributed by atoms with van der Waals surface area (Å²) in [6, 6.07) is 28.9. The van der Waals surface area contributed by atoms with Crippen molar-refractivity contribution < 1.29 is 5.73 Å². The fourth-order valence-corrected chi connectivity index (χ4v) is 4.24. The summed E-state index contributed by atoms with van der Waals surface area (Å²) in [4.78, 5) is 21.0. The van der Waals surface area contributed by atoms with Crippen LogP contribution in [0.1, 0.15) is 18.1 Å². The largest absolute Gasteiger partial charge is 0.354 e. The number of aromatic amines is 1. The third-order valence-corrected chi connectivity index (χ3v) is 6.12. The SMILES string of the molecule is CCc1cccc(-c2c[nH]c(=O)c3cc(-c4ccccc4)c(-c4ccc(C[NH3+])cc4)nc23)c1. The molecule has 0 aliphatic rings. The third kappa shape index (κ3) is 3.97. The summed E-state index contributed by atoms with van der Waals surface area (Å²) in [6.45, 7) is 2.88. The number of benzene rings is 3. The molecule has 0 bridgehead atoms. The molecule has 5 aromatic rings. The maximum atomic E-state index is 12.9. The first kappa shape index (κ1) is 20.9. The molecule has 0 saturated heterocycles. The molecule has 0 saturated carbocycles. The van der Waals surface area contributed by atoms with Crippen molar-refractivity contribution in [3.05, 3.63) is 113 Å². The van der Waals surface area contributed by atoms with Crippen molar-refractivity contribution in [1.29, 1.82) is 0 Å². The summed E-state index contributed by atoms with van der Waals surface area (Å²) < 4.78 is 0. The lowest BCUT2D eigenvalue weighted by molar-refractivity contribution is -0.386. The van der Waals surface area contributed by atoms with Gasteiger partial charge in [0, 0.05) is 28.5 Å². The molecule has 0 aliphatic heterocycles. The summed E-state index contributed by atoms with van der Waals surface area (Å²) in [5.41, 5.74) is 12.8. The van der Waals surface area contributed by atoms with Crippen LogP contribution in [0.25, 0.3) is 44.4 Å². The number of hydrogen-bond acceptors (Lipinski definition) is 2. The number of nitrogens with one attached hydrogen (secondary N) is 1. The molecule has 162 valence electrons. The minimum atomic E-state index is -0.135. The van der Waals surface area contributed by atoms with Crippen LogP contribution in [-0.4, -0.2) is 9.97 Å². The Balaban J connectivity index is 1.83. The number of aromatic nitrogens is 2. The van der Waals surface area contributed by atoms with E-state index in [0.717, 1.165) is 46.5 Å².